The van der Waals surface area contributed by atoms with Crippen molar-refractivity contribution in [1.29, 1.82) is 0 Å². The van der Waals surface area contributed by atoms with E-state index in [1.165, 1.54) is 0 Å². The maximum Gasteiger partial charge on any atom is 0.244 e. The van der Waals surface area contributed by atoms with Crippen LogP contribution in [0.5, 0.6) is 0 Å². The van der Waals surface area contributed by atoms with E-state index in [-0.39, 0.29) is 5.37 Å². The molecular weight excluding hydrogens is 308 g/mol. The van der Waals surface area contributed by atoms with E-state index in [0.29, 0.717) is 23.0 Å². The van der Waals surface area contributed by atoms with Crippen LogP contribution in [0.2, 0.25) is 0 Å². The first-order valence-corrected chi connectivity index (χ1v) is 9.13. The van der Waals surface area contributed by atoms with Crippen LogP contribution in [-0.2, 0) is 10.0 Å². The van der Waals surface area contributed by atoms with E-state index < -0.39 is 10.0 Å². The Hall–Kier alpha value is -1.31. The average Bonchev–Trinajstić information content (AvgIpc) is 3.08. The molecule has 21 heavy (non-hydrogen) atoms. The Kier molecular flexibility index (Phi) is 3.81. The van der Waals surface area contributed by atoms with Crippen LogP contribution in [0.4, 0.5) is 0 Å². The molecule has 5 nitrogen and oxygen atoms in total. The maximum absolute atomic E-state index is 12.6. The quantitative estimate of drug-likeness (QED) is 0.868. The van der Waals surface area contributed by atoms with Gasteiger partial charge in [0.15, 0.2) is 5.89 Å². The SMILES string of the molecule is Cc1nc(-c2ccc(S(=O)(=O)N3CCSC3C)cc2)co1. The Bertz CT molecular complexity index is 738. The fourth-order valence-electron chi connectivity index (χ4n) is 2.32. The molecule has 0 bridgehead atoms. The minimum atomic E-state index is -3.41. The molecule has 1 aliphatic rings. The van der Waals surface area contributed by atoms with E-state index in [2.05, 4.69) is 4.98 Å². The van der Waals surface area contributed by atoms with Gasteiger partial charge in [0.05, 0.1) is 10.3 Å². The fourth-order valence-corrected chi connectivity index (χ4v) is 5.35. The van der Waals surface area contributed by atoms with Gasteiger partial charge < -0.3 is 4.42 Å². The van der Waals surface area contributed by atoms with Gasteiger partial charge in [-0.3, -0.25) is 0 Å². The molecule has 2 aromatic rings. The third-order valence-corrected chi connectivity index (χ3v) is 6.72. The standard InChI is InChI=1S/C14H16N2O3S2/c1-10-15-14(9-19-10)12-3-5-13(6-4-12)21(17,18)16-7-8-20-11(16)2/h3-6,9,11H,7-8H2,1-2H3. The summed E-state index contributed by atoms with van der Waals surface area (Å²) >= 11 is 1.65. The molecule has 1 unspecified atom stereocenters. The number of aromatic nitrogens is 1. The van der Waals surface area contributed by atoms with Gasteiger partial charge in [0.25, 0.3) is 0 Å². The molecule has 7 heteroatoms. The van der Waals surface area contributed by atoms with Gasteiger partial charge in [-0.1, -0.05) is 12.1 Å². The predicted octanol–water partition coefficient (Wildman–Crippen LogP) is 2.73. The molecular formula is C14H16N2O3S2. The third-order valence-electron chi connectivity index (χ3n) is 3.45. The third kappa shape index (κ3) is 2.73. The van der Waals surface area contributed by atoms with Crippen LogP contribution in [0.15, 0.2) is 39.8 Å². The molecule has 1 fully saturated rings. The minimum absolute atomic E-state index is 0.00661. The molecule has 0 saturated carbocycles. The molecule has 3 rings (SSSR count). The molecule has 0 N–H and O–H groups in total. The lowest BCUT2D eigenvalue weighted by Crippen LogP contribution is -2.33. The number of thioether (sulfide) groups is 1. The molecule has 0 aliphatic carbocycles. The van der Waals surface area contributed by atoms with Crippen LogP contribution >= 0.6 is 11.8 Å². The van der Waals surface area contributed by atoms with Gasteiger partial charge in [-0.05, 0) is 19.1 Å². The lowest BCUT2D eigenvalue weighted by Gasteiger charge is -2.20. The number of sulfonamides is 1. The molecule has 2 heterocycles. The van der Waals surface area contributed by atoms with E-state index >= 15 is 0 Å². The smallest absolute Gasteiger partial charge is 0.244 e. The highest BCUT2D eigenvalue weighted by atomic mass is 32.2. The summed E-state index contributed by atoms with van der Waals surface area (Å²) in [5.41, 5.74) is 1.55. The zero-order valence-electron chi connectivity index (χ0n) is 11.8. The molecule has 1 aliphatic heterocycles. The molecule has 0 spiro atoms. The number of hydrogen-bond donors (Lipinski definition) is 0. The first-order valence-electron chi connectivity index (χ1n) is 6.64. The van der Waals surface area contributed by atoms with E-state index in [0.717, 1.165) is 11.3 Å². The summed E-state index contributed by atoms with van der Waals surface area (Å²) < 4.78 is 31.9. The first-order chi connectivity index (χ1) is 9.98. The highest BCUT2D eigenvalue weighted by molar-refractivity contribution is 8.01. The lowest BCUT2D eigenvalue weighted by atomic mass is 10.2. The molecule has 1 atom stereocenters. The summed E-state index contributed by atoms with van der Waals surface area (Å²) in [4.78, 5) is 4.55. The monoisotopic (exact) mass is 324 g/mol. The Morgan fingerprint density at radius 3 is 2.57 bits per heavy atom. The second-order valence-electron chi connectivity index (χ2n) is 4.86. The zero-order chi connectivity index (χ0) is 15.0. The summed E-state index contributed by atoms with van der Waals surface area (Å²) in [6.07, 6.45) is 1.57. The normalized spacial score (nSPS) is 20.0. The van der Waals surface area contributed by atoms with E-state index in [4.69, 9.17) is 4.42 Å². The minimum Gasteiger partial charge on any atom is -0.449 e. The second-order valence-corrected chi connectivity index (χ2v) is 8.18. The predicted molar refractivity (Wildman–Crippen MR) is 82.5 cm³/mol. The van der Waals surface area contributed by atoms with Crippen LogP contribution < -0.4 is 0 Å². The van der Waals surface area contributed by atoms with E-state index in [1.807, 2.05) is 6.92 Å². The zero-order valence-corrected chi connectivity index (χ0v) is 13.4. The molecule has 1 saturated heterocycles. The number of oxazole rings is 1. The summed E-state index contributed by atoms with van der Waals surface area (Å²) in [6, 6.07) is 6.78. The maximum atomic E-state index is 12.6. The van der Waals surface area contributed by atoms with Crippen molar-refractivity contribution in [2.45, 2.75) is 24.1 Å². The van der Waals surface area contributed by atoms with Gasteiger partial charge >= 0.3 is 0 Å². The summed E-state index contributed by atoms with van der Waals surface area (Å²) in [5.74, 6) is 1.43. The number of aryl methyl sites for hydroxylation is 1. The van der Waals surface area contributed by atoms with Gasteiger partial charge in [-0.2, -0.15) is 4.31 Å². The Balaban J connectivity index is 1.90. The lowest BCUT2D eigenvalue weighted by molar-refractivity contribution is 0.442. The van der Waals surface area contributed by atoms with Gasteiger partial charge in [-0.25, -0.2) is 13.4 Å². The fraction of sp³-hybridized carbons (Fsp3) is 0.357. The van der Waals surface area contributed by atoms with Crippen molar-refractivity contribution < 1.29 is 12.8 Å². The van der Waals surface area contributed by atoms with Crippen LogP contribution in [0, 0.1) is 6.92 Å². The largest absolute Gasteiger partial charge is 0.449 e. The Morgan fingerprint density at radius 1 is 1.33 bits per heavy atom. The second kappa shape index (κ2) is 5.47. The van der Waals surface area contributed by atoms with Gasteiger partial charge in [0.1, 0.15) is 12.0 Å². The van der Waals surface area contributed by atoms with E-state index in [9.17, 15) is 8.42 Å². The van der Waals surface area contributed by atoms with E-state index in [1.54, 1.807) is 53.5 Å². The van der Waals surface area contributed by atoms with Crippen LogP contribution in [0.1, 0.15) is 12.8 Å². The summed E-state index contributed by atoms with van der Waals surface area (Å²) in [6.45, 7) is 4.26. The van der Waals surface area contributed by atoms with Crippen molar-refractivity contribution in [3.8, 4) is 11.3 Å². The first kappa shape index (κ1) is 14.6. The molecule has 112 valence electrons. The van der Waals surface area contributed by atoms with Crippen molar-refractivity contribution in [2.75, 3.05) is 12.3 Å². The highest BCUT2D eigenvalue weighted by Gasteiger charge is 2.33. The Morgan fingerprint density at radius 2 is 2.05 bits per heavy atom. The summed E-state index contributed by atoms with van der Waals surface area (Å²) in [5, 5.41) is -0.00661. The number of rotatable bonds is 3. The van der Waals surface area contributed by atoms with Crippen LogP contribution in [0.25, 0.3) is 11.3 Å². The molecule has 1 aromatic carbocycles. The van der Waals surface area contributed by atoms with Crippen molar-refractivity contribution in [3.63, 3.8) is 0 Å². The molecule has 0 radical (unpaired) electrons. The number of hydrogen-bond acceptors (Lipinski definition) is 5. The van der Waals surface area contributed by atoms with Crippen molar-refractivity contribution in [3.05, 3.63) is 36.4 Å². The van der Waals surface area contributed by atoms with Crippen molar-refractivity contribution in [2.24, 2.45) is 0 Å². The summed E-state index contributed by atoms with van der Waals surface area (Å²) in [7, 11) is -3.41. The molecule has 0 amide bonds. The van der Waals surface area contributed by atoms with Gasteiger partial charge in [-0.15, -0.1) is 11.8 Å². The van der Waals surface area contributed by atoms with Crippen LogP contribution in [-0.4, -0.2) is 35.4 Å². The molecule has 1 aromatic heterocycles. The topological polar surface area (TPSA) is 63.4 Å². The number of benzene rings is 1. The van der Waals surface area contributed by atoms with Crippen molar-refractivity contribution in [1.82, 2.24) is 9.29 Å². The number of nitrogens with zero attached hydrogens (tertiary/aromatic N) is 2. The van der Waals surface area contributed by atoms with Gasteiger partial charge in [0.2, 0.25) is 10.0 Å². The van der Waals surface area contributed by atoms with Gasteiger partial charge in [0, 0.05) is 24.8 Å². The van der Waals surface area contributed by atoms with Crippen molar-refractivity contribution >= 4 is 21.8 Å². The average molecular weight is 324 g/mol. The Labute approximate surface area is 128 Å². The van der Waals surface area contributed by atoms with Crippen LogP contribution in [0.3, 0.4) is 0 Å². The highest BCUT2D eigenvalue weighted by Crippen LogP contribution is 2.30.